The first-order valence-electron chi connectivity index (χ1n) is 0. The molecule has 0 amide bonds. The largest absolute Gasteiger partial charge is 3.00 e. The molecule has 0 aliphatic rings. The van der Waals surface area contributed by atoms with Crippen LogP contribution in [0.2, 0.25) is 0 Å². The van der Waals surface area contributed by atoms with Gasteiger partial charge >= 0.3 is 62.8 Å². The van der Waals surface area contributed by atoms with E-state index >= 15 is 0 Å². The summed E-state index contributed by atoms with van der Waals surface area (Å²) < 4.78 is 0. The van der Waals surface area contributed by atoms with Crippen molar-refractivity contribution < 1.29 is 10.2 Å². The molecule has 4 heavy (non-hydrogen) atoms. The summed E-state index contributed by atoms with van der Waals surface area (Å²) in [6, 6.07) is 0. The van der Waals surface area contributed by atoms with Crippen molar-refractivity contribution in [3.8, 4) is 0 Å². The first-order chi connectivity index (χ1) is 0. The van der Waals surface area contributed by atoms with Crippen molar-refractivity contribution >= 4 is 62.8 Å². The molecule has 0 aromatic rings. The van der Waals surface area contributed by atoms with E-state index in [0.29, 0.717) is 0 Å². The Balaban J connectivity index is 0. The van der Waals surface area contributed by atoms with Crippen molar-refractivity contribution in [3.63, 3.8) is 0 Å². The van der Waals surface area contributed by atoms with Crippen molar-refractivity contribution in [1.82, 2.24) is 0 Å². The Hall–Kier alpha value is 1.90. The topological polar surface area (TPSA) is 28.5 Å². The molecule has 0 unspecified atom stereocenters. The van der Waals surface area contributed by atoms with Gasteiger partial charge in [0.25, 0.3) is 0 Å². The molecule has 0 rings (SSSR count). The molecule has 0 fully saturated rings. The Morgan fingerprint density at radius 3 is 1.00 bits per heavy atom. The van der Waals surface area contributed by atoms with Crippen LogP contribution in [0.4, 0.5) is 0 Å². The summed E-state index contributed by atoms with van der Waals surface area (Å²) in [4.78, 5) is 0. The van der Waals surface area contributed by atoms with E-state index < -0.39 is 0 Å². The summed E-state index contributed by atoms with van der Waals surface area (Å²) in [5, 5.41) is 0. The van der Waals surface area contributed by atoms with Gasteiger partial charge in [0.05, 0.1) is 0 Å². The van der Waals surface area contributed by atoms with Crippen molar-refractivity contribution in [1.29, 1.82) is 0 Å². The monoisotopic (exact) mass is 150 g/mol. The van der Waals surface area contributed by atoms with Gasteiger partial charge in [-0.05, 0) is 0 Å². The van der Waals surface area contributed by atoms with E-state index in [9.17, 15) is 0 Å². The second kappa shape index (κ2) is 20.6. The molecule has 0 N–H and O–H groups in total. The van der Waals surface area contributed by atoms with Crippen LogP contribution in [0.25, 0.3) is 0 Å². The quantitative estimate of drug-likeness (QED) is 0.316. The summed E-state index contributed by atoms with van der Waals surface area (Å²) in [7, 11) is 0. The molecule has 0 saturated carbocycles. The fourth-order valence-corrected chi connectivity index (χ4v) is 0. The van der Waals surface area contributed by atoms with Gasteiger partial charge < -0.3 is 10.2 Å². The second-order valence-corrected chi connectivity index (χ2v) is 0. The molecule has 0 aromatic carbocycles. The predicted molar refractivity (Wildman–Crippen MR) is 12.2 cm³/mol. The Morgan fingerprint density at radius 1 is 1.00 bits per heavy atom. The fourth-order valence-electron chi connectivity index (χ4n) is 0. The predicted octanol–water partition coefficient (Wildman–Crippen LogP) is -3.88. The van der Waals surface area contributed by atoms with Crippen LogP contribution in [0.15, 0.2) is 0 Å². The van der Waals surface area contributed by atoms with Crippen LogP contribution in [0.1, 0.15) is 0 Å². The Bertz CT molecular complexity index is 8.00. The van der Waals surface area contributed by atoms with Gasteiger partial charge in [-0.2, -0.15) is 0 Å². The molecule has 0 atom stereocenters. The minimum atomic E-state index is 0. The number of rotatable bonds is 0. The first-order valence-corrected chi connectivity index (χ1v) is 0. The molecule has 0 radical (unpaired) electrons. The maximum Gasteiger partial charge on any atom is 3.00 e. The van der Waals surface area contributed by atoms with E-state index in [1.807, 2.05) is 0 Å². The van der Waals surface area contributed by atoms with Crippen LogP contribution in [0.3, 0.4) is 0 Å². The molecule has 0 saturated heterocycles. The number of halogens is 1. The van der Waals surface area contributed by atoms with E-state index in [-0.39, 0.29) is 73.0 Å². The van der Waals surface area contributed by atoms with Crippen LogP contribution in [-0.2, 0) is 5.48 Å². The molecule has 0 bridgehead atoms. The van der Waals surface area contributed by atoms with Gasteiger partial charge in [0.1, 0.15) is 0 Å². The fraction of sp³-hybridized carbons (Fsp3) is 0. The van der Waals surface area contributed by atoms with Crippen molar-refractivity contribution in [2.24, 2.45) is 0 Å². The van der Waals surface area contributed by atoms with E-state index in [0.717, 1.165) is 0 Å². The van der Waals surface area contributed by atoms with Gasteiger partial charge in [-0.25, -0.2) is 0 Å². The summed E-state index contributed by atoms with van der Waals surface area (Å²) in [6.07, 6.45) is 0. The third kappa shape index (κ3) is 9.08. The average molecular weight is 150 g/mol. The van der Waals surface area contributed by atoms with Crippen LogP contribution >= 0.6 is 0 Å². The Kier molecular flexibility index (Phi) is 202. The van der Waals surface area contributed by atoms with E-state index in [1.165, 1.54) is 0 Å². The zero-order chi connectivity index (χ0) is 0. The Labute approximate surface area is 71.8 Å². The smallest absolute Gasteiger partial charge is 2.00 e. The molecule has 16 valence electrons. The van der Waals surface area contributed by atoms with Crippen molar-refractivity contribution in [2.45, 2.75) is 0 Å². The second-order valence-electron chi connectivity index (χ2n) is 0. The van der Waals surface area contributed by atoms with Crippen LogP contribution < -0.4 is 4.70 Å². The molecular weight excluding hydrogens is 150 g/mol. The van der Waals surface area contributed by atoms with Gasteiger partial charge in [0.2, 0.25) is 0 Å². The normalized spacial score (nSPS) is 0. The van der Waals surface area contributed by atoms with E-state index in [1.54, 1.807) is 0 Å². The maximum absolute atomic E-state index is 0. The minimum absolute atomic E-state index is 0. The van der Waals surface area contributed by atoms with E-state index in [2.05, 4.69) is 0 Å². The number of hydrogen-bond donors (Lipinski definition) is 0. The third-order valence-electron chi connectivity index (χ3n) is 0. The first kappa shape index (κ1) is 39.2. The zero-order valence-corrected chi connectivity index (χ0v) is 6.70. The molecule has 4 heteroatoms. The van der Waals surface area contributed by atoms with Crippen LogP contribution in [0.5, 0.6) is 0 Å². The summed E-state index contributed by atoms with van der Waals surface area (Å²) in [5.74, 6) is 0. The van der Waals surface area contributed by atoms with Crippen LogP contribution in [-0.4, -0.2) is 62.8 Å². The van der Waals surface area contributed by atoms with E-state index in [4.69, 9.17) is 0 Å². The molecule has 0 aliphatic carbocycles. The molecule has 0 spiro atoms. The molecule has 0 aromatic heterocycles. The number of hydrogen-bond acceptors (Lipinski definition) is 0. The maximum atomic E-state index is 0. The van der Waals surface area contributed by atoms with Crippen molar-refractivity contribution in [2.75, 3.05) is 0 Å². The van der Waals surface area contributed by atoms with Gasteiger partial charge in [-0.15, -0.1) is 0 Å². The van der Waals surface area contributed by atoms with Gasteiger partial charge in [-0.1, -0.05) is 0 Å². The van der Waals surface area contributed by atoms with Crippen molar-refractivity contribution in [3.05, 3.63) is 0 Å². The van der Waals surface area contributed by atoms with Gasteiger partial charge in [-0.3, -0.25) is 0 Å². The SMILES string of the molecule is [Al+3].[F-].[O-2].[Sr+2]. The average Bonchev–Trinajstić information content (AvgIpc) is 0. The third-order valence-corrected chi connectivity index (χ3v) is 0. The molecule has 1 nitrogen and oxygen atoms in total. The zero-order valence-electron chi connectivity index (χ0n) is 2.07. The summed E-state index contributed by atoms with van der Waals surface area (Å²) in [6.45, 7) is 0. The van der Waals surface area contributed by atoms with Gasteiger partial charge in [0, 0.05) is 0 Å². The summed E-state index contributed by atoms with van der Waals surface area (Å²) >= 11 is 0. The van der Waals surface area contributed by atoms with Crippen LogP contribution in [0, 0.1) is 0 Å². The van der Waals surface area contributed by atoms with Gasteiger partial charge in [0.15, 0.2) is 0 Å². The molecule has 0 aliphatic heterocycles. The molecule has 0 heterocycles. The summed E-state index contributed by atoms with van der Waals surface area (Å²) in [5.41, 5.74) is 0. The minimum Gasteiger partial charge on any atom is -2.00 e. The molecular formula is AlFOSr+2. The Morgan fingerprint density at radius 2 is 1.00 bits per heavy atom. The standard InChI is InChI=1S/Al.FH.O.Sr/h;1H;;/q+3;;-2;+2/p-1.